The molecule has 1 aliphatic heterocycles. The third kappa shape index (κ3) is 6.79. The van der Waals surface area contributed by atoms with Crippen LogP contribution in [-0.2, 0) is 6.42 Å². The molecule has 0 atom stereocenters. The number of carbonyl (C=O) groups excluding carboxylic acids is 2. The van der Waals surface area contributed by atoms with E-state index in [1.165, 1.54) is 5.56 Å². The van der Waals surface area contributed by atoms with E-state index in [-0.39, 0.29) is 18.0 Å². The quantitative estimate of drug-likeness (QED) is 0.682. The fourth-order valence-electron chi connectivity index (χ4n) is 3.88. The monoisotopic (exact) mass is 423 g/mol. The molecule has 2 heterocycles. The Labute approximate surface area is 184 Å². The van der Waals surface area contributed by atoms with Gasteiger partial charge in [0.15, 0.2) is 0 Å². The molecule has 1 saturated heterocycles. The molecule has 7 heteroatoms. The lowest BCUT2D eigenvalue weighted by Crippen LogP contribution is -2.46. The van der Waals surface area contributed by atoms with Crippen LogP contribution < -0.4 is 10.6 Å². The molecule has 0 spiro atoms. The van der Waals surface area contributed by atoms with Crippen LogP contribution in [0.2, 0.25) is 0 Å². The lowest BCUT2D eigenvalue weighted by Gasteiger charge is -2.32. The number of hydrogen-bond acceptors (Lipinski definition) is 4. The Kier molecular flexibility index (Phi) is 8.41. The van der Waals surface area contributed by atoms with Crippen LogP contribution in [0.15, 0.2) is 48.8 Å². The second-order valence-electron chi connectivity index (χ2n) is 7.87. The van der Waals surface area contributed by atoms with Gasteiger partial charge in [0.2, 0.25) is 0 Å². The summed E-state index contributed by atoms with van der Waals surface area (Å²) in [6, 6.07) is 11.2. The molecule has 0 saturated carbocycles. The van der Waals surface area contributed by atoms with Gasteiger partial charge in [-0.1, -0.05) is 0 Å². The number of rotatable bonds is 8. The summed E-state index contributed by atoms with van der Waals surface area (Å²) in [5.41, 5.74) is 2.62. The topological polar surface area (TPSA) is 77.6 Å². The number of pyridine rings is 1. The number of nitrogens with one attached hydrogen (secondary N) is 2. The maximum Gasteiger partial charge on any atom is 0.319 e. The van der Waals surface area contributed by atoms with Gasteiger partial charge in [0.05, 0.1) is 0 Å². The summed E-state index contributed by atoms with van der Waals surface area (Å²) in [6.45, 7) is 8.29. The first-order chi connectivity index (χ1) is 15.1. The van der Waals surface area contributed by atoms with Crippen molar-refractivity contribution in [3.8, 4) is 0 Å². The summed E-state index contributed by atoms with van der Waals surface area (Å²) in [4.78, 5) is 33.0. The summed E-state index contributed by atoms with van der Waals surface area (Å²) in [7, 11) is 0. The van der Waals surface area contributed by atoms with Crippen molar-refractivity contribution in [1.29, 1.82) is 0 Å². The van der Waals surface area contributed by atoms with Crippen LogP contribution in [0.3, 0.4) is 0 Å². The Morgan fingerprint density at radius 1 is 1.03 bits per heavy atom. The Hall–Kier alpha value is -2.93. The molecule has 0 bridgehead atoms. The van der Waals surface area contributed by atoms with Gasteiger partial charge in [0.1, 0.15) is 0 Å². The number of nitrogens with zero attached hydrogens (tertiary/aromatic N) is 3. The number of urea groups is 1. The van der Waals surface area contributed by atoms with Gasteiger partial charge in [-0.05, 0) is 75.1 Å². The fraction of sp³-hybridized carbons (Fsp3) is 0.458. The van der Waals surface area contributed by atoms with E-state index in [0.29, 0.717) is 24.3 Å². The molecule has 0 aliphatic carbocycles. The predicted molar refractivity (Wildman–Crippen MR) is 123 cm³/mol. The normalized spacial score (nSPS) is 14.8. The first-order valence-corrected chi connectivity index (χ1v) is 11.2. The van der Waals surface area contributed by atoms with Gasteiger partial charge in [-0.2, -0.15) is 0 Å². The molecule has 7 nitrogen and oxygen atoms in total. The SMILES string of the molecule is CCN(CC)C(=O)c1ccc(NC(=O)NC2CCN(CCc3ccncc3)CC2)cc1. The first kappa shape index (κ1) is 22.7. The molecule has 1 aliphatic rings. The minimum Gasteiger partial charge on any atom is -0.339 e. The van der Waals surface area contributed by atoms with E-state index in [1.54, 1.807) is 29.2 Å². The van der Waals surface area contributed by atoms with Crippen molar-refractivity contribution in [2.24, 2.45) is 0 Å². The van der Waals surface area contributed by atoms with Crippen molar-refractivity contribution in [3.05, 3.63) is 59.9 Å². The van der Waals surface area contributed by atoms with Crippen molar-refractivity contribution in [2.45, 2.75) is 39.2 Å². The molecule has 1 aromatic carbocycles. The summed E-state index contributed by atoms with van der Waals surface area (Å²) in [6.07, 6.45) is 6.58. The molecular weight excluding hydrogens is 390 g/mol. The van der Waals surface area contributed by atoms with Crippen LogP contribution in [0.1, 0.15) is 42.6 Å². The number of carbonyl (C=O) groups is 2. The number of aromatic nitrogens is 1. The zero-order valence-corrected chi connectivity index (χ0v) is 18.5. The average molecular weight is 424 g/mol. The Balaban J connectivity index is 1.39. The molecule has 2 N–H and O–H groups in total. The molecule has 1 fully saturated rings. The summed E-state index contributed by atoms with van der Waals surface area (Å²) < 4.78 is 0. The maximum absolute atomic E-state index is 12.4. The number of amides is 3. The Morgan fingerprint density at radius 2 is 1.68 bits per heavy atom. The standard InChI is InChI=1S/C24H33N5O2/c1-3-29(4-2)23(30)20-5-7-21(8-6-20)26-24(31)27-22-12-17-28(18-13-22)16-11-19-9-14-25-15-10-19/h5-10,14-15,22H,3-4,11-13,16-18H2,1-2H3,(H2,26,27,31). The fourth-order valence-corrected chi connectivity index (χ4v) is 3.88. The van der Waals surface area contributed by atoms with Gasteiger partial charge in [0, 0.05) is 62.4 Å². The molecule has 3 amide bonds. The molecule has 2 aromatic rings. The highest BCUT2D eigenvalue weighted by molar-refractivity contribution is 5.95. The summed E-state index contributed by atoms with van der Waals surface area (Å²) in [5.74, 6) is 0.0108. The smallest absolute Gasteiger partial charge is 0.319 e. The zero-order chi connectivity index (χ0) is 22.1. The second-order valence-corrected chi connectivity index (χ2v) is 7.87. The van der Waals surface area contributed by atoms with Crippen molar-refractivity contribution in [1.82, 2.24) is 20.1 Å². The van der Waals surface area contributed by atoms with Crippen LogP contribution in [0, 0.1) is 0 Å². The second kappa shape index (κ2) is 11.5. The minimum absolute atomic E-state index is 0.0108. The van der Waals surface area contributed by atoms with Crippen molar-refractivity contribution >= 4 is 17.6 Å². The van der Waals surface area contributed by atoms with Gasteiger partial charge in [-0.25, -0.2) is 4.79 Å². The highest BCUT2D eigenvalue weighted by Crippen LogP contribution is 2.14. The highest BCUT2D eigenvalue weighted by Gasteiger charge is 2.20. The van der Waals surface area contributed by atoms with Gasteiger partial charge < -0.3 is 20.4 Å². The summed E-state index contributed by atoms with van der Waals surface area (Å²) in [5, 5.41) is 5.95. The molecule has 0 radical (unpaired) electrons. The van der Waals surface area contributed by atoms with E-state index in [9.17, 15) is 9.59 Å². The van der Waals surface area contributed by atoms with Crippen LogP contribution in [-0.4, -0.2) is 65.5 Å². The van der Waals surface area contributed by atoms with Crippen molar-refractivity contribution in [3.63, 3.8) is 0 Å². The van der Waals surface area contributed by atoms with Crippen LogP contribution in [0.5, 0.6) is 0 Å². The zero-order valence-electron chi connectivity index (χ0n) is 18.5. The third-order valence-corrected chi connectivity index (χ3v) is 5.83. The molecule has 31 heavy (non-hydrogen) atoms. The van der Waals surface area contributed by atoms with Crippen LogP contribution in [0.25, 0.3) is 0 Å². The van der Waals surface area contributed by atoms with Crippen molar-refractivity contribution < 1.29 is 9.59 Å². The number of piperidine rings is 1. The van der Waals surface area contributed by atoms with E-state index < -0.39 is 0 Å². The number of likely N-dealkylation sites (tertiary alicyclic amines) is 1. The number of benzene rings is 1. The molecule has 1 aromatic heterocycles. The van der Waals surface area contributed by atoms with Crippen LogP contribution in [0.4, 0.5) is 10.5 Å². The molecular formula is C24H33N5O2. The average Bonchev–Trinajstić information content (AvgIpc) is 2.80. The molecule has 166 valence electrons. The van der Waals surface area contributed by atoms with Gasteiger partial charge in [0.25, 0.3) is 5.91 Å². The van der Waals surface area contributed by atoms with E-state index in [2.05, 4.69) is 32.7 Å². The van der Waals surface area contributed by atoms with E-state index in [1.807, 2.05) is 26.2 Å². The Bertz CT molecular complexity index is 829. The number of anilines is 1. The lowest BCUT2D eigenvalue weighted by atomic mass is 10.0. The minimum atomic E-state index is -0.196. The van der Waals surface area contributed by atoms with Gasteiger partial charge in [-0.3, -0.25) is 9.78 Å². The molecule has 0 unspecified atom stereocenters. The molecule has 3 rings (SSSR count). The van der Waals surface area contributed by atoms with Crippen molar-refractivity contribution in [2.75, 3.05) is 38.0 Å². The highest BCUT2D eigenvalue weighted by atomic mass is 16.2. The number of hydrogen-bond donors (Lipinski definition) is 2. The van der Waals surface area contributed by atoms with E-state index >= 15 is 0 Å². The lowest BCUT2D eigenvalue weighted by molar-refractivity contribution is 0.0773. The van der Waals surface area contributed by atoms with E-state index in [0.717, 1.165) is 38.9 Å². The van der Waals surface area contributed by atoms with E-state index in [4.69, 9.17) is 0 Å². The first-order valence-electron chi connectivity index (χ1n) is 11.2. The Morgan fingerprint density at radius 3 is 2.29 bits per heavy atom. The van der Waals surface area contributed by atoms with Gasteiger partial charge >= 0.3 is 6.03 Å². The maximum atomic E-state index is 12.4. The van der Waals surface area contributed by atoms with Gasteiger partial charge in [-0.15, -0.1) is 0 Å². The third-order valence-electron chi connectivity index (χ3n) is 5.83. The largest absolute Gasteiger partial charge is 0.339 e. The van der Waals surface area contributed by atoms with Crippen LogP contribution >= 0.6 is 0 Å². The predicted octanol–water partition coefficient (Wildman–Crippen LogP) is 3.39. The summed E-state index contributed by atoms with van der Waals surface area (Å²) >= 11 is 0.